The van der Waals surface area contributed by atoms with Crippen LogP contribution in [0, 0.1) is 0 Å². The number of carbonyl (C=O) groups excluding carboxylic acids is 1. The standard InChI is InChI=1S/C14H17N3O/c1-14(10-15-6-7-16-14)17-8-11(9-18)12-4-2-3-5-13(12)17/h2-5,8-9,15-16H,6-7,10H2,1H3/t14-/m1/s1. The number of aromatic nitrogens is 1. The summed E-state index contributed by atoms with van der Waals surface area (Å²) in [6, 6.07) is 8.03. The molecule has 1 aromatic heterocycles. The van der Waals surface area contributed by atoms with Crippen molar-refractivity contribution in [3.05, 3.63) is 36.0 Å². The first kappa shape index (κ1) is 11.4. The molecular weight excluding hydrogens is 226 g/mol. The summed E-state index contributed by atoms with van der Waals surface area (Å²) in [6.45, 7) is 4.92. The van der Waals surface area contributed by atoms with Crippen LogP contribution < -0.4 is 10.6 Å². The number of fused-ring (bicyclic) bond motifs is 1. The molecule has 3 rings (SSSR count). The van der Waals surface area contributed by atoms with Crippen LogP contribution in [0.2, 0.25) is 0 Å². The first-order valence-corrected chi connectivity index (χ1v) is 6.26. The predicted octanol–water partition coefficient (Wildman–Crippen LogP) is 1.32. The van der Waals surface area contributed by atoms with Gasteiger partial charge in [-0.1, -0.05) is 18.2 Å². The molecule has 0 bridgehead atoms. The first-order valence-electron chi connectivity index (χ1n) is 6.26. The summed E-state index contributed by atoms with van der Waals surface area (Å²) in [5, 5.41) is 7.93. The summed E-state index contributed by atoms with van der Waals surface area (Å²) in [7, 11) is 0. The minimum absolute atomic E-state index is 0.181. The summed E-state index contributed by atoms with van der Waals surface area (Å²) >= 11 is 0. The van der Waals surface area contributed by atoms with Crippen molar-refractivity contribution in [3.63, 3.8) is 0 Å². The molecule has 2 heterocycles. The number of piperazine rings is 1. The molecule has 0 radical (unpaired) electrons. The van der Waals surface area contributed by atoms with Crippen molar-refractivity contribution in [3.8, 4) is 0 Å². The number of nitrogens with zero attached hydrogens (tertiary/aromatic N) is 1. The Morgan fingerprint density at radius 1 is 1.33 bits per heavy atom. The summed E-state index contributed by atoms with van der Waals surface area (Å²) < 4.78 is 2.16. The van der Waals surface area contributed by atoms with Gasteiger partial charge in [0, 0.05) is 36.8 Å². The Labute approximate surface area is 106 Å². The molecule has 1 aliphatic rings. The van der Waals surface area contributed by atoms with Gasteiger partial charge in [-0.2, -0.15) is 0 Å². The zero-order valence-electron chi connectivity index (χ0n) is 10.4. The van der Waals surface area contributed by atoms with Gasteiger partial charge in [0.1, 0.15) is 5.66 Å². The van der Waals surface area contributed by atoms with Crippen LogP contribution in [0.15, 0.2) is 30.5 Å². The Morgan fingerprint density at radius 3 is 2.89 bits per heavy atom. The largest absolute Gasteiger partial charge is 0.327 e. The van der Waals surface area contributed by atoms with E-state index in [1.165, 1.54) is 0 Å². The van der Waals surface area contributed by atoms with Gasteiger partial charge in [-0.25, -0.2) is 0 Å². The highest BCUT2D eigenvalue weighted by Crippen LogP contribution is 2.26. The summed E-state index contributed by atoms with van der Waals surface area (Å²) in [4.78, 5) is 11.2. The lowest BCUT2D eigenvalue weighted by molar-refractivity contribution is 0.112. The van der Waals surface area contributed by atoms with E-state index in [0.717, 1.165) is 42.4 Å². The monoisotopic (exact) mass is 243 g/mol. The van der Waals surface area contributed by atoms with Gasteiger partial charge >= 0.3 is 0 Å². The molecule has 4 heteroatoms. The van der Waals surface area contributed by atoms with Crippen LogP contribution in [0.3, 0.4) is 0 Å². The van der Waals surface area contributed by atoms with E-state index in [1.807, 2.05) is 24.4 Å². The van der Waals surface area contributed by atoms with Crippen LogP contribution in [0.1, 0.15) is 17.3 Å². The molecule has 0 spiro atoms. The minimum Gasteiger partial charge on any atom is -0.327 e. The normalized spacial score (nSPS) is 24.3. The van der Waals surface area contributed by atoms with E-state index in [9.17, 15) is 4.79 Å². The number of rotatable bonds is 2. The first-order chi connectivity index (χ1) is 8.74. The van der Waals surface area contributed by atoms with Crippen LogP contribution in [-0.4, -0.2) is 30.5 Å². The van der Waals surface area contributed by atoms with Crippen molar-refractivity contribution in [2.45, 2.75) is 12.6 Å². The fourth-order valence-electron chi connectivity index (χ4n) is 2.69. The third-order valence-electron chi connectivity index (χ3n) is 3.68. The molecule has 1 aliphatic heterocycles. The third-order valence-corrected chi connectivity index (χ3v) is 3.68. The highest BCUT2D eigenvalue weighted by atomic mass is 16.1. The predicted molar refractivity (Wildman–Crippen MR) is 71.8 cm³/mol. The number of hydrogen-bond acceptors (Lipinski definition) is 3. The minimum atomic E-state index is -0.181. The Kier molecular flexibility index (Phi) is 2.69. The van der Waals surface area contributed by atoms with Crippen molar-refractivity contribution < 1.29 is 4.79 Å². The van der Waals surface area contributed by atoms with Crippen LogP contribution in [0.4, 0.5) is 0 Å². The lowest BCUT2D eigenvalue weighted by Gasteiger charge is -2.37. The van der Waals surface area contributed by atoms with E-state index in [-0.39, 0.29) is 5.66 Å². The van der Waals surface area contributed by atoms with Gasteiger partial charge in [-0.15, -0.1) is 0 Å². The van der Waals surface area contributed by atoms with Crippen molar-refractivity contribution in [1.82, 2.24) is 15.2 Å². The summed E-state index contributed by atoms with van der Waals surface area (Å²) in [5.74, 6) is 0. The van der Waals surface area contributed by atoms with E-state index in [2.05, 4.69) is 28.2 Å². The fraction of sp³-hybridized carbons (Fsp3) is 0.357. The quantitative estimate of drug-likeness (QED) is 0.782. The summed E-state index contributed by atoms with van der Waals surface area (Å²) in [6.07, 6.45) is 2.87. The second-order valence-electron chi connectivity index (χ2n) is 4.97. The molecule has 1 fully saturated rings. The van der Waals surface area contributed by atoms with Gasteiger partial charge in [0.15, 0.2) is 6.29 Å². The molecule has 1 saturated heterocycles. The highest BCUT2D eigenvalue weighted by molar-refractivity contribution is 5.97. The third kappa shape index (κ3) is 1.65. The van der Waals surface area contributed by atoms with E-state index in [1.54, 1.807) is 0 Å². The van der Waals surface area contributed by atoms with Crippen LogP contribution in [-0.2, 0) is 5.66 Å². The number of carbonyl (C=O) groups is 1. The Bertz CT molecular complexity index is 582. The lowest BCUT2D eigenvalue weighted by atomic mass is 10.1. The maximum Gasteiger partial charge on any atom is 0.152 e. The number of hydrogen-bond donors (Lipinski definition) is 2. The molecule has 2 N–H and O–H groups in total. The maximum absolute atomic E-state index is 11.2. The zero-order chi connectivity index (χ0) is 12.6. The van der Waals surface area contributed by atoms with Gasteiger partial charge in [-0.3, -0.25) is 10.1 Å². The number of nitrogens with one attached hydrogen (secondary N) is 2. The fourth-order valence-corrected chi connectivity index (χ4v) is 2.69. The van der Waals surface area contributed by atoms with E-state index in [0.29, 0.717) is 0 Å². The van der Waals surface area contributed by atoms with Crippen LogP contribution in [0.25, 0.3) is 10.9 Å². The molecule has 0 unspecified atom stereocenters. The van der Waals surface area contributed by atoms with Crippen molar-refractivity contribution >= 4 is 17.2 Å². The molecule has 0 amide bonds. The molecule has 1 aromatic carbocycles. The Hall–Kier alpha value is -1.65. The Balaban J connectivity index is 2.19. The van der Waals surface area contributed by atoms with Crippen molar-refractivity contribution in [2.24, 2.45) is 0 Å². The number of para-hydroxylation sites is 1. The van der Waals surface area contributed by atoms with Gasteiger partial charge in [0.25, 0.3) is 0 Å². The Morgan fingerprint density at radius 2 is 2.17 bits per heavy atom. The van der Waals surface area contributed by atoms with Gasteiger partial charge < -0.3 is 9.88 Å². The second kappa shape index (κ2) is 4.23. The topological polar surface area (TPSA) is 46.1 Å². The molecule has 1 atom stereocenters. The molecule has 0 aliphatic carbocycles. The second-order valence-corrected chi connectivity index (χ2v) is 4.97. The zero-order valence-corrected chi connectivity index (χ0v) is 10.4. The van der Waals surface area contributed by atoms with Gasteiger partial charge in [0.05, 0.1) is 5.52 Å². The summed E-state index contributed by atoms with van der Waals surface area (Å²) in [5.41, 5.74) is 1.66. The van der Waals surface area contributed by atoms with E-state index < -0.39 is 0 Å². The smallest absolute Gasteiger partial charge is 0.152 e. The molecule has 94 valence electrons. The van der Waals surface area contributed by atoms with Crippen LogP contribution >= 0.6 is 0 Å². The molecule has 4 nitrogen and oxygen atoms in total. The molecule has 18 heavy (non-hydrogen) atoms. The average Bonchev–Trinajstić information content (AvgIpc) is 2.79. The highest BCUT2D eigenvalue weighted by Gasteiger charge is 2.29. The maximum atomic E-state index is 11.2. The van der Waals surface area contributed by atoms with Gasteiger partial charge in [0.2, 0.25) is 0 Å². The van der Waals surface area contributed by atoms with Crippen molar-refractivity contribution in [1.29, 1.82) is 0 Å². The van der Waals surface area contributed by atoms with E-state index >= 15 is 0 Å². The lowest BCUT2D eigenvalue weighted by Crippen LogP contribution is -2.58. The van der Waals surface area contributed by atoms with Crippen LogP contribution in [0.5, 0.6) is 0 Å². The molecule has 2 aromatic rings. The number of aldehydes is 1. The van der Waals surface area contributed by atoms with E-state index in [4.69, 9.17) is 0 Å². The van der Waals surface area contributed by atoms with Gasteiger partial charge in [-0.05, 0) is 13.0 Å². The number of benzene rings is 1. The molecular formula is C14H17N3O. The average molecular weight is 243 g/mol. The SMILES string of the molecule is C[C@@]1(n2cc(C=O)c3ccccc32)CNCCN1. The van der Waals surface area contributed by atoms with Crippen molar-refractivity contribution in [2.75, 3.05) is 19.6 Å². The molecule has 0 saturated carbocycles.